The minimum absolute atomic E-state index is 0.0781. The number of hydrogen-bond acceptors (Lipinski definition) is 4. The fourth-order valence-electron chi connectivity index (χ4n) is 5.64. The zero-order chi connectivity index (χ0) is 23.6. The molecule has 0 radical (unpaired) electrons. The van der Waals surface area contributed by atoms with Crippen LogP contribution in [0.15, 0.2) is 18.2 Å². The lowest BCUT2D eigenvalue weighted by Gasteiger charge is -2.43. The van der Waals surface area contributed by atoms with E-state index in [4.69, 9.17) is 4.74 Å². The number of carbonyl (C=O) groups excluding carboxylic acids is 2. The fourth-order valence-corrected chi connectivity index (χ4v) is 5.64. The molecule has 4 rings (SSSR count). The molecule has 7 nitrogen and oxygen atoms in total. The normalized spacial score (nSPS) is 22.7. The molecule has 3 heterocycles. The first kappa shape index (κ1) is 23.7. The Bertz CT molecular complexity index is 873. The van der Waals surface area contributed by atoms with Crippen LogP contribution in [0.5, 0.6) is 0 Å². The number of piperidine rings is 1. The van der Waals surface area contributed by atoms with Gasteiger partial charge in [-0.15, -0.1) is 0 Å². The number of urea groups is 1. The summed E-state index contributed by atoms with van der Waals surface area (Å²) >= 11 is 0. The number of fused-ring (bicyclic) bond motifs is 2. The summed E-state index contributed by atoms with van der Waals surface area (Å²) in [5.41, 5.74) is 1.53. The van der Waals surface area contributed by atoms with Gasteiger partial charge in [0.05, 0.1) is 0 Å². The molecule has 0 aromatic heterocycles. The average Bonchev–Trinajstić information content (AvgIpc) is 2.95. The summed E-state index contributed by atoms with van der Waals surface area (Å²) in [5.74, 6) is -0.266. The summed E-state index contributed by atoms with van der Waals surface area (Å²) in [6.07, 6.45) is 4.03. The molecule has 0 bridgehead atoms. The molecule has 3 amide bonds. The molecule has 1 unspecified atom stereocenters. The molecule has 2 fully saturated rings. The first-order valence-electron chi connectivity index (χ1n) is 11.9. The van der Waals surface area contributed by atoms with Gasteiger partial charge in [-0.1, -0.05) is 0 Å². The van der Waals surface area contributed by atoms with E-state index in [1.54, 1.807) is 40.9 Å². The second-order valence-electron chi connectivity index (χ2n) is 9.62. The molecule has 0 aliphatic carbocycles. The number of rotatable bonds is 3. The minimum Gasteiger partial charge on any atom is -0.447 e. The van der Waals surface area contributed by atoms with E-state index in [0.717, 1.165) is 56.4 Å². The second-order valence-corrected chi connectivity index (χ2v) is 9.62. The number of ether oxygens (including phenoxy) is 1. The summed E-state index contributed by atoms with van der Waals surface area (Å²) < 4.78 is 31.4. The molecule has 0 saturated carbocycles. The summed E-state index contributed by atoms with van der Waals surface area (Å²) in [6.45, 7) is 2.71. The molecule has 9 heteroatoms. The zero-order valence-corrected chi connectivity index (χ0v) is 19.6. The molecule has 2 saturated heterocycles. The second kappa shape index (κ2) is 9.83. The van der Waals surface area contributed by atoms with E-state index in [1.165, 1.54) is 6.07 Å². The molecular weight excluding hydrogens is 430 g/mol. The number of carbonyl (C=O) groups is 2. The van der Waals surface area contributed by atoms with Crippen LogP contribution in [-0.2, 0) is 10.2 Å². The molecule has 1 aromatic rings. The van der Waals surface area contributed by atoms with Gasteiger partial charge in [-0.3, -0.25) is 4.90 Å². The van der Waals surface area contributed by atoms with Crippen LogP contribution in [0, 0.1) is 5.82 Å². The van der Waals surface area contributed by atoms with Crippen LogP contribution in [0.4, 0.5) is 24.1 Å². The maximum absolute atomic E-state index is 14.2. The molecule has 1 atom stereocenters. The molecule has 1 aromatic carbocycles. The van der Waals surface area contributed by atoms with Crippen LogP contribution in [0.25, 0.3) is 0 Å². The molecule has 3 aliphatic rings. The number of amides is 3. The Morgan fingerprint density at radius 3 is 2.61 bits per heavy atom. The highest BCUT2D eigenvalue weighted by Crippen LogP contribution is 2.48. The lowest BCUT2D eigenvalue weighted by molar-refractivity contribution is 0.0924. The summed E-state index contributed by atoms with van der Waals surface area (Å²) in [6, 6.07) is 5.06. The van der Waals surface area contributed by atoms with E-state index in [1.807, 2.05) is 0 Å². The van der Waals surface area contributed by atoms with Gasteiger partial charge in [-0.25, -0.2) is 18.4 Å². The van der Waals surface area contributed by atoms with Crippen molar-refractivity contribution in [3.05, 3.63) is 29.6 Å². The van der Waals surface area contributed by atoms with Gasteiger partial charge in [0.1, 0.15) is 19.1 Å². The van der Waals surface area contributed by atoms with Gasteiger partial charge >= 0.3 is 12.1 Å². The maximum Gasteiger partial charge on any atom is 0.409 e. The van der Waals surface area contributed by atoms with Gasteiger partial charge in [0, 0.05) is 50.9 Å². The van der Waals surface area contributed by atoms with Crippen molar-refractivity contribution in [2.45, 2.75) is 43.6 Å². The number of hydrogen-bond donors (Lipinski definition) is 0. The molecule has 1 spiro atoms. The Balaban J connectivity index is 1.42. The van der Waals surface area contributed by atoms with Gasteiger partial charge < -0.3 is 19.4 Å². The number of benzene rings is 1. The van der Waals surface area contributed by atoms with Crippen LogP contribution in [0.2, 0.25) is 0 Å². The monoisotopic (exact) mass is 464 g/mol. The van der Waals surface area contributed by atoms with Crippen molar-refractivity contribution in [1.29, 1.82) is 0 Å². The first-order valence-corrected chi connectivity index (χ1v) is 11.9. The number of likely N-dealkylation sites (tertiary alicyclic amines) is 2. The zero-order valence-electron chi connectivity index (χ0n) is 19.6. The molecule has 33 heavy (non-hydrogen) atoms. The lowest BCUT2D eigenvalue weighted by Crippen LogP contribution is -2.50. The van der Waals surface area contributed by atoms with E-state index in [-0.39, 0.29) is 23.9 Å². The third kappa shape index (κ3) is 4.78. The topological polar surface area (TPSA) is 56.3 Å². The van der Waals surface area contributed by atoms with Crippen molar-refractivity contribution < 1.29 is 23.1 Å². The minimum atomic E-state index is -0.664. The number of nitrogens with zero attached hydrogens (tertiary/aromatic N) is 4. The van der Waals surface area contributed by atoms with E-state index < -0.39 is 12.8 Å². The lowest BCUT2D eigenvalue weighted by atomic mass is 9.74. The third-order valence-electron chi connectivity index (χ3n) is 7.43. The van der Waals surface area contributed by atoms with E-state index in [0.29, 0.717) is 25.7 Å². The van der Waals surface area contributed by atoms with Crippen molar-refractivity contribution in [1.82, 2.24) is 14.7 Å². The number of alkyl halides is 1. The molecular formula is C24H34F2N4O3. The summed E-state index contributed by atoms with van der Waals surface area (Å²) in [5, 5.41) is 0. The molecule has 0 N–H and O–H groups in total. The van der Waals surface area contributed by atoms with Crippen LogP contribution >= 0.6 is 0 Å². The predicted octanol–water partition coefficient (Wildman–Crippen LogP) is 3.62. The van der Waals surface area contributed by atoms with E-state index in [2.05, 4.69) is 4.90 Å². The van der Waals surface area contributed by atoms with Crippen molar-refractivity contribution >= 4 is 17.8 Å². The third-order valence-corrected chi connectivity index (χ3v) is 7.43. The van der Waals surface area contributed by atoms with Gasteiger partial charge in [0.15, 0.2) is 0 Å². The van der Waals surface area contributed by atoms with Gasteiger partial charge in [0.25, 0.3) is 0 Å². The van der Waals surface area contributed by atoms with Gasteiger partial charge in [-0.05, 0) is 69.0 Å². The molecule has 182 valence electrons. The standard InChI is InChI=1S/C24H34F2N4O3/c1-27(2)22(31)30-17-24(20-16-18(26)5-6-21(20)30)8-13-28(14-9-24)19-4-3-11-29(12-7-19)23(32)33-15-10-25/h5-6,16,19H,3-4,7-15,17H2,1-2H3. The number of halogens is 2. The highest BCUT2D eigenvalue weighted by atomic mass is 19.1. The Morgan fingerprint density at radius 2 is 1.91 bits per heavy atom. The van der Waals surface area contributed by atoms with Crippen LogP contribution in [-0.4, -0.2) is 93.0 Å². The van der Waals surface area contributed by atoms with Crippen molar-refractivity contribution in [3.63, 3.8) is 0 Å². The maximum atomic E-state index is 14.2. The Kier molecular flexibility index (Phi) is 7.07. The summed E-state index contributed by atoms with van der Waals surface area (Å²) in [7, 11) is 3.48. The predicted molar refractivity (Wildman–Crippen MR) is 122 cm³/mol. The van der Waals surface area contributed by atoms with E-state index >= 15 is 0 Å². The Morgan fingerprint density at radius 1 is 1.15 bits per heavy atom. The number of anilines is 1. The van der Waals surface area contributed by atoms with E-state index in [9.17, 15) is 18.4 Å². The van der Waals surface area contributed by atoms with Crippen molar-refractivity contribution in [2.75, 3.05) is 65.0 Å². The van der Waals surface area contributed by atoms with Crippen LogP contribution < -0.4 is 4.90 Å². The Hall–Kier alpha value is -2.42. The van der Waals surface area contributed by atoms with Crippen LogP contribution in [0.3, 0.4) is 0 Å². The summed E-state index contributed by atoms with van der Waals surface area (Å²) in [4.78, 5) is 32.4. The van der Waals surface area contributed by atoms with Crippen LogP contribution in [0.1, 0.15) is 37.7 Å². The highest BCUT2D eigenvalue weighted by molar-refractivity contribution is 5.95. The van der Waals surface area contributed by atoms with Gasteiger partial charge in [0.2, 0.25) is 0 Å². The fraction of sp³-hybridized carbons (Fsp3) is 0.667. The smallest absolute Gasteiger partial charge is 0.409 e. The quantitative estimate of drug-likeness (QED) is 0.686. The van der Waals surface area contributed by atoms with Crippen molar-refractivity contribution in [3.8, 4) is 0 Å². The average molecular weight is 465 g/mol. The Labute approximate surface area is 194 Å². The largest absolute Gasteiger partial charge is 0.447 e. The first-order chi connectivity index (χ1) is 15.8. The highest BCUT2D eigenvalue weighted by Gasteiger charge is 2.47. The molecule has 3 aliphatic heterocycles. The van der Waals surface area contributed by atoms with Crippen molar-refractivity contribution in [2.24, 2.45) is 0 Å². The van der Waals surface area contributed by atoms with Gasteiger partial charge in [-0.2, -0.15) is 0 Å². The SMILES string of the molecule is CN(C)C(=O)N1CC2(CCN(C3CCCN(C(=O)OCCF)CC3)CC2)c2cc(F)ccc21.